The van der Waals surface area contributed by atoms with Gasteiger partial charge in [-0.2, -0.15) is 0 Å². The predicted molar refractivity (Wildman–Crippen MR) is 123 cm³/mol. The molecule has 1 saturated heterocycles. The summed E-state index contributed by atoms with van der Waals surface area (Å²) in [5, 5.41) is 8.58. The van der Waals surface area contributed by atoms with Crippen LogP contribution in [0.15, 0.2) is 60.9 Å². The lowest BCUT2D eigenvalue weighted by atomic mass is 9.94. The van der Waals surface area contributed by atoms with Crippen LogP contribution in [0.1, 0.15) is 30.0 Å². The average molecular weight is 418 g/mol. The van der Waals surface area contributed by atoms with Gasteiger partial charge in [0.2, 0.25) is 0 Å². The number of anilines is 1. The topological polar surface area (TPSA) is 65.6 Å². The molecule has 3 aromatic heterocycles. The third-order valence-electron chi connectivity index (χ3n) is 5.79. The molecule has 0 bridgehead atoms. The van der Waals surface area contributed by atoms with Crippen molar-refractivity contribution in [2.45, 2.75) is 25.3 Å². The monoisotopic (exact) mass is 417 g/mol. The highest BCUT2D eigenvalue weighted by Crippen LogP contribution is 2.36. The first-order chi connectivity index (χ1) is 14.8. The molecule has 0 atom stereocenters. The SMILES string of the molecule is Clc1cnc(NCc2ccccc2)cc1-c1ccnc2[nH]c(C3CCNCC3)cc12. The Labute approximate surface area is 180 Å². The molecular formula is C24H24ClN5. The van der Waals surface area contributed by atoms with E-state index < -0.39 is 0 Å². The van der Waals surface area contributed by atoms with Crippen LogP contribution in [0, 0.1) is 0 Å². The van der Waals surface area contributed by atoms with E-state index in [9.17, 15) is 0 Å². The number of H-pyrrole nitrogens is 1. The van der Waals surface area contributed by atoms with Crippen LogP contribution < -0.4 is 10.6 Å². The van der Waals surface area contributed by atoms with E-state index in [4.69, 9.17) is 11.6 Å². The fourth-order valence-electron chi connectivity index (χ4n) is 4.17. The summed E-state index contributed by atoms with van der Waals surface area (Å²) in [4.78, 5) is 12.6. The van der Waals surface area contributed by atoms with Gasteiger partial charge in [0.05, 0.1) is 5.02 Å². The summed E-state index contributed by atoms with van der Waals surface area (Å²) in [6.45, 7) is 2.84. The highest BCUT2D eigenvalue weighted by molar-refractivity contribution is 6.33. The van der Waals surface area contributed by atoms with Gasteiger partial charge in [0.15, 0.2) is 0 Å². The molecule has 1 aliphatic rings. The molecule has 5 rings (SSSR count). The molecule has 1 fully saturated rings. The quantitative estimate of drug-likeness (QED) is 0.409. The summed E-state index contributed by atoms with van der Waals surface area (Å²) in [6, 6.07) is 16.6. The van der Waals surface area contributed by atoms with Crippen LogP contribution in [-0.4, -0.2) is 28.0 Å². The molecule has 1 aliphatic heterocycles. The lowest BCUT2D eigenvalue weighted by molar-refractivity contribution is 0.455. The Morgan fingerprint density at radius 1 is 1.00 bits per heavy atom. The molecule has 6 heteroatoms. The smallest absolute Gasteiger partial charge is 0.138 e. The van der Waals surface area contributed by atoms with Crippen LogP contribution in [0.3, 0.4) is 0 Å². The van der Waals surface area contributed by atoms with Crippen molar-refractivity contribution in [3.63, 3.8) is 0 Å². The van der Waals surface area contributed by atoms with Gasteiger partial charge in [-0.05, 0) is 55.3 Å². The number of hydrogen-bond donors (Lipinski definition) is 3. The fourth-order valence-corrected chi connectivity index (χ4v) is 4.37. The predicted octanol–water partition coefficient (Wildman–Crippen LogP) is 5.36. The average Bonchev–Trinajstić information content (AvgIpc) is 3.24. The van der Waals surface area contributed by atoms with Crippen molar-refractivity contribution in [2.24, 2.45) is 0 Å². The molecule has 0 spiro atoms. The van der Waals surface area contributed by atoms with E-state index in [0.29, 0.717) is 17.5 Å². The lowest BCUT2D eigenvalue weighted by Gasteiger charge is -2.21. The molecule has 0 saturated carbocycles. The van der Waals surface area contributed by atoms with Crippen LogP contribution >= 0.6 is 11.6 Å². The Morgan fingerprint density at radius 3 is 2.67 bits per heavy atom. The molecule has 0 unspecified atom stereocenters. The van der Waals surface area contributed by atoms with E-state index in [1.165, 1.54) is 11.3 Å². The van der Waals surface area contributed by atoms with Crippen LogP contribution in [0.25, 0.3) is 22.2 Å². The Balaban J connectivity index is 1.47. The summed E-state index contributed by atoms with van der Waals surface area (Å²) >= 11 is 6.57. The van der Waals surface area contributed by atoms with E-state index in [0.717, 1.165) is 53.9 Å². The number of fused-ring (bicyclic) bond motifs is 1. The number of pyridine rings is 2. The zero-order valence-corrected chi connectivity index (χ0v) is 17.4. The summed E-state index contributed by atoms with van der Waals surface area (Å²) in [5.74, 6) is 1.35. The maximum absolute atomic E-state index is 6.57. The Kier molecular flexibility index (Phi) is 5.39. The second-order valence-electron chi connectivity index (χ2n) is 7.76. The standard InChI is InChI=1S/C24H24ClN5/c25-21-15-29-23(28-14-16-4-2-1-3-5-16)13-19(21)18-8-11-27-24-20(18)12-22(30-24)17-6-9-26-10-7-17/h1-5,8,11-13,15,17,26H,6-7,9-10,14H2,(H,27,30)(H,28,29). The van der Waals surface area contributed by atoms with Gasteiger partial charge in [0.1, 0.15) is 11.5 Å². The van der Waals surface area contributed by atoms with Crippen molar-refractivity contribution >= 4 is 28.5 Å². The highest BCUT2D eigenvalue weighted by atomic mass is 35.5. The zero-order chi connectivity index (χ0) is 20.3. The van der Waals surface area contributed by atoms with Crippen LogP contribution in [-0.2, 0) is 6.54 Å². The van der Waals surface area contributed by atoms with Gasteiger partial charge in [0, 0.05) is 41.5 Å². The number of hydrogen-bond acceptors (Lipinski definition) is 4. The van der Waals surface area contributed by atoms with Gasteiger partial charge in [-0.15, -0.1) is 0 Å². The lowest BCUT2D eigenvalue weighted by Crippen LogP contribution is -2.26. The molecule has 0 aliphatic carbocycles. The van der Waals surface area contributed by atoms with E-state index in [1.54, 1.807) is 6.20 Å². The fraction of sp³-hybridized carbons (Fsp3) is 0.250. The van der Waals surface area contributed by atoms with Crippen molar-refractivity contribution in [1.82, 2.24) is 20.3 Å². The van der Waals surface area contributed by atoms with Crippen molar-refractivity contribution in [3.8, 4) is 11.1 Å². The number of benzene rings is 1. The number of piperidine rings is 1. The second-order valence-corrected chi connectivity index (χ2v) is 8.17. The second kappa shape index (κ2) is 8.46. The molecule has 30 heavy (non-hydrogen) atoms. The van der Waals surface area contributed by atoms with Gasteiger partial charge < -0.3 is 15.6 Å². The summed E-state index contributed by atoms with van der Waals surface area (Å²) in [7, 11) is 0. The maximum atomic E-state index is 6.57. The van der Waals surface area contributed by atoms with Crippen LogP contribution in [0.5, 0.6) is 0 Å². The first-order valence-corrected chi connectivity index (χ1v) is 10.8. The molecule has 0 amide bonds. The number of nitrogens with one attached hydrogen (secondary N) is 3. The molecule has 1 aromatic carbocycles. The minimum Gasteiger partial charge on any atom is -0.366 e. The van der Waals surface area contributed by atoms with Crippen molar-refractivity contribution < 1.29 is 0 Å². The van der Waals surface area contributed by atoms with Crippen molar-refractivity contribution in [2.75, 3.05) is 18.4 Å². The van der Waals surface area contributed by atoms with E-state index in [2.05, 4.69) is 43.8 Å². The van der Waals surface area contributed by atoms with Crippen molar-refractivity contribution in [3.05, 3.63) is 77.2 Å². The molecule has 152 valence electrons. The minimum absolute atomic E-state index is 0.546. The largest absolute Gasteiger partial charge is 0.366 e. The summed E-state index contributed by atoms with van der Waals surface area (Å²) in [5.41, 5.74) is 5.42. The number of aromatic nitrogens is 3. The first kappa shape index (κ1) is 19.1. The van der Waals surface area contributed by atoms with Gasteiger partial charge in [-0.25, -0.2) is 9.97 Å². The molecule has 0 radical (unpaired) electrons. The minimum atomic E-state index is 0.546. The van der Waals surface area contributed by atoms with Gasteiger partial charge >= 0.3 is 0 Å². The molecule has 3 N–H and O–H groups in total. The molecule has 5 nitrogen and oxygen atoms in total. The van der Waals surface area contributed by atoms with Gasteiger partial charge in [-0.3, -0.25) is 0 Å². The molecule has 4 heterocycles. The van der Waals surface area contributed by atoms with Gasteiger partial charge in [0.25, 0.3) is 0 Å². The van der Waals surface area contributed by atoms with E-state index >= 15 is 0 Å². The Bertz CT molecular complexity index is 1150. The Hall–Kier alpha value is -2.89. The Morgan fingerprint density at radius 2 is 1.83 bits per heavy atom. The number of aromatic amines is 1. The van der Waals surface area contributed by atoms with E-state index in [-0.39, 0.29) is 0 Å². The normalized spacial score (nSPS) is 14.8. The zero-order valence-electron chi connectivity index (χ0n) is 16.7. The third-order valence-corrected chi connectivity index (χ3v) is 6.09. The molecule has 4 aromatic rings. The number of nitrogens with zero attached hydrogens (tertiary/aromatic N) is 2. The summed E-state index contributed by atoms with van der Waals surface area (Å²) in [6.07, 6.45) is 5.85. The number of rotatable bonds is 5. The van der Waals surface area contributed by atoms with E-state index in [1.807, 2.05) is 36.5 Å². The highest BCUT2D eigenvalue weighted by Gasteiger charge is 2.19. The van der Waals surface area contributed by atoms with Crippen molar-refractivity contribution in [1.29, 1.82) is 0 Å². The van der Waals surface area contributed by atoms with Gasteiger partial charge in [-0.1, -0.05) is 41.9 Å². The summed E-state index contributed by atoms with van der Waals surface area (Å²) < 4.78 is 0. The number of halogens is 1. The van der Waals surface area contributed by atoms with Crippen LogP contribution in [0.4, 0.5) is 5.82 Å². The molecular weight excluding hydrogens is 394 g/mol. The van der Waals surface area contributed by atoms with Crippen LogP contribution in [0.2, 0.25) is 5.02 Å². The third kappa shape index (κ3) is 3.91. The first-order valence-electron chi connectivity index (χ1n) is 10.4. The maximum Gasteiger partial charge on any atom is 0.138 e.